The van der Waals surface area contributed by atoms with Crippen LogP contribution in [0.5, 0.6) is 0 Å². The van der Waals surface area contributed by atoms with Gasteiger partial charge in [0.05, 0.1) is 6.10 Å². The molecule has 1 fully saturated rings. The lowest BCUT2D eigenvalue weighted by molar-refractivity contribution is 0.0329. The first kappa shape index (κ1) is 12.4. The summed E-state index contributed by atoms with van der Waals surface area (Å²) in [7, 11) is 5.97. The Morgan fingerprint density at radius 1 is 1.24 bits per heavy atom. The molecule has 0 saturated heterocycles. The molecule has 3 nitrogen and oxygen atoms in total. The summed E-state index contributed by atoms with van der Waals surface area (Å²) in [6.45, 7) is 0.995. The van der Waals surface area contributed by atoms with Crippen molar-refractivity contribution in [3.63, 3.8) is 0 Å². The number of anilines is 1. The lowest BCUT2D eigenvalue weighted by Gasteiger charge is -2.35. The summed E-state index contributed by atoms with van der Waals surface area (Å²) in [5.41, 5.74) is 2.57. The highest BCUT2D eigenvalue weighted by molar-refractivity contribution is 5.46. The van der Waals surface area contributed by atoms with E-state index in [1.807, 2.05) is 0 Å². The molecule has 1 saturated carbocycles. The molecule has 0 radical (unpaired) electrons. The van der Waals surface area contributed by atoms with Gasteiger partial charge >= 0.3 is 0 Å². The van der Waals surface area contributed by atoms with E-state index >= 15 is 0 Å². The van der Waals surface area contributed by atoms with E-state index < -0.39 is 0 Å². The van der Waals surface area contributed by atoms with E-state index in [0.29, 0.717) is 12.1 Å². The Labute approximate surface area is 104 Å². The average molecular weight is 234 g/mol. The van der Waals surface area contributed by atoms with Crippen LogP contribution < -0.4 is 5.32 Å². The number of nitrogens with one attached hydrogen (secondary N) is 1. The maximum atomic E-state index is 5.27. The molecule has 1 aliphatic carbocycles. The van der Waals surface area contributed by atoms with E-state index in [0.717, 1.165) is 19.4 Å². The first-order valence-corrected chi connectivity index (χ1v) is 6.20. The molecule has 2 rings (SSSR count). The highest BCUT2D eigenvalue weighted by Gasteiger charge is 2.28. The van der Waals surface area contributed by atoms with E-state index in [2.05, 4.69) is 48.6 Å². The molecule has 0 aromatic heterocycles. The quantitative estimate of drug-likeness (QED) is 0.846. The topological polar surface area (TPSA) is 24.5 Å². The lowest BCUT2D eigenvalue weighted by Crippen LogP contribution is -2.40. The second kappa shape index (κ2) is 5.52. The second-order valence-corrected chi connectivity index (χ2v) is 5.11. The molecule has 94 valence electrons. The number of hydrogen-bond acceptors (Lipinski definition) is 3. The third kappa shape index (κ3) is 3.45. The highest BCUT2D eigenvalue weighted by Crippen LogP contribution is 2.26. The Hall–Kier alpha value is -1.06. The van der Waals surface area contributed by atoms with Gasteiger partial charge in [-0.1, -0.05) is 12.1 Å². The Balaban J connectivity index is 1.82. The SMILES string of the molecule is COC1CC(Nc2ccc(CN(C)C)cc2)C1. The van der Waals surface area contributed by atoms with Crippen molar-refractivity contribution in [3.05, 3.63) is 29.8 Å². The number of ether oxygens (including phenoxy) is 1. The van der Waals surface area contributed by atoms with E-state index in [-0.39, 0.29) is 0 Å². The van der Waals surface area contributed by atoms with E-state index in [1.54, 1.807) is 7.11 Å². The van der Waals surface area contributed by atoms with Crippen LogP contribution in [-0.2, 0) is 11.3 Å². The molecule has 1 aliphatic rings. The Morgan fingerprint density at radius 2 is 1.88 bits per heavy atom. The van der Waals surface area contributed by atoms with Gasteiger partial charge in [-0.2, -0.15) is 0 Å². The fourth-order valence-corrected chi connectivity index (χ4v) is 2.18. The first-order valence-electron chi connectivity index (χ1n) is 6.20. The molecule has 0 bridgehead atoms. The molecule has 3 heteroatoms. The molecule has 1 N–H and O–H groups in total. The minimum atomic E-state index is 0.459. The zero-order chi connectivity index (χ0) is 12.3. The van der Waals surface area contributed by atoms with Crippen molar-refractivity contribution in [3.8, 4) is 0 Å². The van der Waals surface area contributed by atoms with Crippen molar-refractivity contribution in [2.45, 2.75) is 31.5 Å². The fourth-order valence-electron chi connectivity index (χ4n) is 2.18. The minimum absolute atomic E-state index is 0.459. The molecule has 0 amide bonds. The fraction of sp³-hybridized carbons (Fsp3) is 0.571. The van der Waals surface area contributed by atoms with Crippen molar-refractivity contribution in [1.82, 2.24) is 4.90 Å². The summed E-state index contributed by atoms with van der Waals surface area (Å²) in [6, 6.07) is 9.29. The lowest BCUT2D eigenvalue weighted by atomic mass is 9.89. The van der Waals surface area contributed by atoms with Crippen LogP contribution in [0.4, 0.5) is 5.69 Å². The molecule has 0 spiro atoms. The smallest absolute Gasteiger partial charge is 0.0610 e. The molecule has 1 aromatic rings. The molecule has 0 aliphatic heterocycles. The number of benzene rings is 1. The van der Waals surface area contributed by atoms with Gasteiger partial charge in [-0.05, 0) is 44.6 Å². The van der Waals surface area contributed by atoms with Gasteiger partial charge in [0.15, 0.2) is 0 Å². The van der Waals surface area contributed by atoms with Gasteiger partial charge in [0.25, 0.3) is 0 Å². The van der Waals surface area contributed by atoms with Gasteiger partial charge in [0.2, 0.25) is 0 Å². The van der Waals surface area contributed by atoms with Gasteiger partial charge in [0, 0.05) is 25.4 Å². The number of nitrogens with zero attached hydrogens (tertiary/aromatic N) is 1. The maximum Gasteiger partial charge on any atom is 0.0610 e. The van der Waals surface area contributed by atoms with Crippen LogP contribution in [-0.4, -0.2) is 38.3 Å². The third-order valence-electron chi connectivity index (χ3n) is 3.25. The minimum Gasteiger partial charge on any atom is -0.382 e. The van der Waals surface area contributed by atoms with Crippen LogP contribution in [0.25, 0.3) is 0 Å². The summed E-state index contributed by atoms with van der Waals surface area (Å²) in [5.74, 6) is 0. The van der Waals surface area contributed by atoms with Crippen LogP contribution in [0.2, 0.25) is 0 Å². The van der Waals surface area contributed by atoms with Crippen molar-refractivity contribution < 1.29 is 4.74 Å². The molecular formula is C14H22N2O. The van der Waals surface area contributed by atoms with Gasteiger partial charge in [-0.3, -0.25) is 0 Å². The standard InChI is InChI=1S/C14H22N2O/c1-16(2)10-11-4-6-12(7-5-11)15-13-8-14(9-13)17-3/h4-7,13-15H,8-10H2,1-3H3. The molecule has 0 heterocycles. The van der Waals surface area contributed by atoms with Gasteiger partial charge in [0.1, 0.15) is 0 Å². The van der Waals surface area contributed by atoms with Gasteiger partial charge in [-0.25, -0.2) is 0 Å². The molecular weight excluding hydrogens is 212 g/mol. The maximum absolute atomic E-state index is 5.27. The summed E-state index contributed by atoms with van der Waals surface area (Å²) in [6.07, 6.45) is 2.70. The molecule has 0 atom stereocenters. The highest BCUT2D eigenvalue weighted by atomic mass is 16.5. The Bertz CT molecular complexity index is 342. The predicted octanol–water partition coefficient (Wildman–Crippen LogP) is 2.34. The number of hydrogen-bond donors (Lipinski definition) is 1. The van der Waals surface area contributed by atoms with Crippen LogP contribution in [0.3, 0.4) is 0 Å². The Kier molecular flexibility index (Phi) is 4.02. The largest absolute Gasteiger partial charge is 0.382 e. The molecule has 1 aromatic carbocycles. The Morgan fingerprint density at radius 3 is 2.41 bits per heavy atom. The average Bonchev–Trinajstić information content (AvgIpc) is 2.24. The normalized spacial score (nSPS) is 23.5. The van der Waals surface area contributed by atoms with Crippen LogP contribution in [0.15, 0.2) is 24.3 Å². The zero-order valence-corrected chi connectivity index (χ0v) is 10.9. The zero-order valence-electron chi connectivity index (χ0n) is 10.9. The van der Waals surface area contributed by atoms with Crippen LogP contribution in [0.1, 0.15) is 18.4 Å². The van der Waals surface area contributed by atoms with Crippen molar-refractivity contribution in [1.29, 1.82) is 0 Å². The number of rotatable bonds is 5. The third-order valence-corrected chi connectivity index (χ3v) is 3.25. The van der Waals surface area contributed by atoms with E-state index in [9.17, 15) is 0 Å². The van der Waals surface area contributed by atoms with Crippen molar-refractivity contribution in [2.75, 3.05) is 26.5 Å². The second-order valence-electron chi connectivity index (χ2n) is 5.11. The number of methoxy groups -OCH3 is 1. The van der Waals surface area contributed by atoms with E-state index in [1.165, 1.54) is 11.3 Å². The molecule has 17 heavy (non-hydrogen) atoms. The summed E-state index contributed by atoms with van der Waals surface area (Å²) in [4.78, 5) is 2.18. The van der Waals surface area contributed by atoms with Gasteiger partial charge < -0.3 is 15.0 Å². The monoisotopic (exact) mass is 234 g/mol. The van der Waals surface area contributed by atoms with E-state index in [4.69, 9.17) is 4.74 Å². The predicted molar refractivity (Wildman–Crippen MR) is 71.3 cm³/mol. The molecule has 0 unspecified atom stereocenters. The van der Waals surface area contributed by atoms with Crippen molar-refractivity contribution >= 4 is 5.69 Å². The summed E-state index contributed by atoms with van der Waals surface area (Å²) >= 11 is 0. The van der Waals surface area contributed by atoms with Crippen LogP contribution >= 0.6 is 0 Å². The van der Waals surface area contributed by atoms with Crippen LogP contribution in [0, 0.1) is 0 Å². The van der Waals surface area contributed by atoms with Crippen molar-refractivity contribution in [2.24, 2.45) is 0 Å². The summed E-state index contributed by atoms with van der Waals surface area (Å²) < 4.78 is 5.27. The van der Waals surface area contributed by atoms with Gasteiger partial charge in [-0.15, -0.1) is 0 Å². The summed E-state index contributed by atoms with van der Waals surface area (Å²) in [5, 5.41) is 3.53. The first-order chi connectivity index (χ1) is 8.17.